The smallest absolute Gasteiger partial charge is 0.330 e. The molecule has 70 valence electrons. The summed E-state index contributed by atoms with van der Waals surface area (Å²) in [5.74, 6) is -0.291. The van der Waals surface area contributed by atoms with Gasteiger partial charge >= 0.3 is 5.97 Å². The first-order chi connectivity index (χ1) is 5.52. The molecule has 0 radical (unpaired) electrons. The van der Waals surface area contributed by atoms with Crippen LogP contribution in [0.1, 0.15) is 20.3 Å². The summed E-state index contributed by atoms with van der Waals surface area (Å²) in [7, 11) is 1.38. The molecule has 0 aromatic rings. The number of allylic oxidation sites excluding steroid dienone is 1. The normalized spacial score (nSPS) is 12.0. The minimum atomic E-state index is -0.291. The van der Waals surface area contributed by atoms with Crippen LogP contribution in [0.3, 0.4) is 0 Å². The van der Waals surface area contributed by atoms with Gasteiger partial charge in [-0.2, -0.15) is 0 Å². The average Bonchev–Trinajstić information content (AvgIpc) is 2.04. The van der Waals surface area contributed by atoms with Crippen molar-refractivity contribution in [3.63, 3.8) is 0 Å². The molecule has 0 aromatic heterocycles. The number of hydrogen-bond donors (Lipinski definition) is 0. The summed E-state index contributed by atoms with van der Waals surface area (Å²) < 4.78 is 4.46. The van der Waals surface area contributed by atoms with Gasteiger partial charge in [0.05, 0.1) is 7.11 Å². The number of rotatable bonds is 4. The molecule has 0 aliphatic carbocycles. The molecule has 0 aliphatic rings. The summed E-state index contributed by atoms with van der Waals surface area (Å²) in [6.07, 6.45) is 4.17. The van der Waals surface area contributed by atoms with Crippen LogP contribution in [0.15, 0.2) is 12.2 Å². The van der Waals surface area contributed by atoms with Gasteiger partial charge in [0.1, 0.15) is 0 Å². The molecular weight excluding hydrogens is 220 g/mol. The first kappa shape index (κ1) is 11.7. The van der Waals surface area contributed by atoms with Gasteiger partial charge < -0.3 is 4.74 Å². The molecule has 0 amide bonds. The predicted octanol–water partition coefficient (Wildman–Crippen LogP) is 2.53. The van der Waals surface area contributed by atoms with E-state index in [1.807, 2.05) is 6.08 Å². The van der Waals surface area contributed by atoms with E-state index in [0.717, 1.165) is 11.8 Å². The molecular formula is C9H15BrO2. The largest absolute Gasteiger partial charge is 0.466 e. The number of halogens is 1. The highest BCUT2D eigenvalue weighted by atomic mass is 79.9. The van der Waals surface area contributed by atoms with Crippen molar-refractivity contribution in [2.75, 3.05) is 12.4 Å². The fourth-order valence-electron chi connectivity index (χ4n) is 0.597. The van der Waals surface area contributed by atoms with Crippen LogP contribution in [0.2, 0.25) is 0 Å². The average molecular weight is 235 g/mol. The Hall–Kier alpha value is -0.310. The zero-order chi connectivity index (χ0) is 9.61. The summed E-state index contributed by atoms with van der Waals surface area (Å²) in [5.41, 5.74) is 0.199. The Kier molecular flexibility index (Phi) is 5.22. The number of ether oxygens (including phenoxy) is 1. The van der Waals surface area contributed by atoms with Crippen LogP contribution in [0.25, 0.3) is 0 Å². The van der Waals surface area contributed by atoms with E-state index in [1.165, 1.54) is 13.2 Å². The summed E-state index contributed by atoms with van der Waals surface area (Å²) >= 11 is 3.41. The fraction of sp³-hybridized carbons (Fsp3) is 0.667. The quantitative estimate of drug-likeness (QED) is 0.425. The minimum absolute atomic E-state index is 0.199. The van der Waals surface area contributed by atoms with Crippen LogP contribution >= 0.6 is 15.9 Å². The highest BCUT2D eigenvalue weighted by molar-refractivity contribution is 9.09. The minimum Gasteiger partial charge on any atom is -0.466 e. The molecule has 2 nitrogen and oxygen atoms in total. The monoisotopic (exact) mass is 234 g/mol. The zero-order valence-corrected chi connectivity index (χ0v) is 9.35. The molecule has 0 N–H and O–H groups in total. The molecule has 0 aliphatic heterocycles. The van der Waals surface area contributed by atoms with Crippen LogP contribution in [0.5, 0.6) is 0 Å². The maximum absolute atomic E-state index is 10.7. The lowest BCUT2D eigenvalue weighted by Gasteiger charge is -2.18. The van der Waals surface area contributed by atoms with Crippen LogP contribution in [-0.2, 0) is 9.53 Å². The third-order valence-electron chi connectivity index (χ3n) is 1.49. The first-order valence-electron chi connectivity index (χ1n) is 3.82. The summed E-state index contributed by atoms with van der Waals surface area (Å²) in [6.45, 7) is 4.26. The second-order valence-electron chi connectivity index (χ2n) is 3.43. The van der Waals surface area contributed by atoms with Gasteiger partial charge in [0.15, 0.2) is 0 Å². The molecule has 3 heteroatoms. The molecule has 0 saturated carbocycles. The molecule has 0 unspecified atom stereocenters. The molecule has 0 rings (SSSR count). The number of esters is 1. The molecule has 12 heavy (non-hydrogen) atoms. The lowest BCUT2D eigenvalue weighted by atomic mass is 9.92. The second kappa shape index (κ2) is 5.36. The summed E-state index contributed by atoms with van der Waals surface area (Å²) in [6, 6.07) is 0. The van der Waals surface area contributed by atoms with Gasteiger partial charge in [-0.3, -0.25) is 0 Å². The van der Waals surface area contributed by atoms with E-state index in [0.29, 0.717) is 0 Å². The van der Waals surface area contributed by atoms with Gasteiger partial charge in [-0.1, -0.05) is 35.9 Å². The summed E-state index contributed by atoms with van der Waals surface area (Å²) in [5, 5.41) is 0.922. The Morgan fingerprint density at radius 2 is 2.17 bits per heavy atom. The van der Waals surface area contributed by atoms with E-state index < -0.39 is 0 Å². The highest BCUT2D eigenvalue weighted by Gasteiger charge is 2.13. The van der Waals surface area contributed by atoms with Gasteiger partial charge in [0, 0.05) is 11.4 Å². The zero-order valence-electron chi connectivity index (χ0n) is 7.76. The summed E-state index contributed by atoms with van der Waals surface area (Å²) in [4.78, 5) is 10.7. The van der Waals surface area contributed by atoms with Crippen LogP contribution in [0.4, 0.5) is 0 Å². The maximum Gasteiger partial charge on any atom is 0.330 e. The van der Waals surface area contributed by atoms with Gasteiger partial charge in [0.2, 0.25) is 0 Å². The van der Waals surface area contributed by atoms with Crippen molar-refractivity contribution in [2.45, 2.75) is 20.3 Å². The van der Waals surface area contributed by atoms with Crippen LogP contribution < -0.4 is 0 Å². The van der Waals surface area contributed by atoms with E-state index >= 15 is 0 Å². The maximum atomic E-state index is 10.7. The van der Waals surface area contributed by atoms with Gasteiger partial charge in [-0.15, -0.1) is 0 Å². The molecule has 0 saturated heterocycles. The van der Waals surface area contributed by atoms with Crippen molar-refractivity contribution in [2.24, 2.45) is 5.41 Å². The number of alkyl halides is 1. The third-order valence-corrected chi connectivity index (χ3v) is 3.01. The van der Waals surface area contributed by atoms with E-state index in [1.54, 1.807) is 0 Å². The molecule has 0 spiro atoms. The van der Waals surface area contributed by atoms with Gasteiger partial charge in [0.25, 0.3) is 0 Å². The fourth-order valence-corrected chi connectivity index (χ4v) is 0.826. The van der Waals surface area contributed by atoms with Gasteiger partial charge in [-0.05, 0) is 11.8 Å². The number of carbonyl (C=O) groups excluding carboxylic acids is 1. The van der Waals surface area contributed by atoms with Crippen molar-refractivity contribution in [3.8, 4) is 0 Å². The lowest BCUT2D eigenvalue weighted by molar-refractivity contribution is -0.134. The SMILES string of the molecule is COC(=O)/C=C/CC(C)(C)CBr. The van der Waals surface area contributed by atoms with E-state index in [9.17, 15) is 4.79 Å². The highest BCUT2D eigenvalue weighted by Crippen LogP contribution is 2.22. The van der Waals surface area contributed by atoms with Crippen molar-refractivity contribution in [3.05, 3.63) is 12.2 Å². The van der Waals surface area contributed by atoms with Crippen molar-refractivity contribution in [1.82, 2.24) is 0 Å². The standard InChI is InChI=1S/C9H15BrO2/c1-9(2,7-10)6-4-5-8(11)12-3/h4-5H,6-7H2,1-3H3/b5-4+. The van der Waals surface area contributed by atoms with Crippen molar-refractivity contribution < 1.29 is 9.53 Å². The predicted molar refractivity (Wildman–Crippen MR) is 53.3 cm³/mol. The van der Waals surface area contributed by atoms with E-state index in [4.69, 9.17) is 0 Å². The lowest BCUT2D eigenvalue weighted by Crippen LogP contribution is -2.11. The van der Waals surface area contributed by atoms with Crippen molar-refractivity contribution >= 4 is 21.9 Å². The van der Waals surface area contributed by atoms with E-state index in [-0.39, 0.29) is 11.4 Å². The Morgan fingerprint density at radius 1 is 1.58 bits per heavy atom. The molecule has 0 heterocycles. The Balaban J connectivity index is 3.81. The first-order valence-corrected chi connectivity index (χ1v) is 4.94. The van der Waals surface area contributed by atoms with Gasteiger partial charge in [-0.25, -0.2) is 4.79 Å². The second-order valence-corrected chi connectivity index (χ2v) is 3.99. The molecule has 0 fully saturated rings. The third kappa shape index (κ3) is 5.35. The molecule has 0 atom stereocenters. The Bertz CT molecular complexity index is 173. The number of carbonyl (C=O) groups is 1. The van der Waals surface area contributed by atoms with E-state index in [2.05, 4.69) is 34.5 Å². The Labute approximate surface area is 82.1 Å². The molecule has 0 bridgehead atoms. The number of hydrogen-bond acceptors (Lipinski definition) is 2. The number of methoxy groups -OCH3 is 1. The molecule has 0 aromatic carbocycles. The van der Waals surface area contributed by atoms with Crippen LogP contribution in [-0.4, -0.2) is 18.4 Å². The Morgan fingerprint density at radius 3 is 2.58 bits per heavy atom. The van der Waals surface area contributed by atoms with Crippen LogP contribution in [0, 0.1) is 5.41 Å². The topological polar surface area (TPSA) is 26.3 Å². The van der Waals surface area contributed by atoms with Crippen molar-refractivity contribution in [1.29, 1.82) is 0 Å².